The maximum absolute atomic E-state index is 10.6. The topological polar surface area (TPSA) is 44.1 Å². The van der Waals surface area contributed by atoms with Crippen molar-refractivity contribution in [2.24, 2.45) is 0 Å². The highest BCUT2D eigenvalue weighted by molar-refractivity contribution is 6.32. The number of hydrogen-bond donors (Lipinski definition) is 0. The number of rotatable bonds is 3. The highest BCUT2D eigenvalue weighted by Crippen LogP contribution is 2.22. The third kappa shape index (κ3) is 1.92. The molecule has 0 atom stereocenters. The number of benzene rings is 1. The fourth-order valence-corrected chi connectivity index (χ4v) is 1.60. The van der Waals surface area contributed by atoms with Crippen molar-refractivity contribution >= 4 is 17.9 Å². The number of carbonyl (C=O) groups is 1. The summed E-state index contributed by atoms with van der Waals surface area (Å²) >= 11 is 6.03. The van der Waals surface area contributed by atoms with Gasteiger partial charge in [0.2, 0.25) is 0 Å². The molecule has 1 aromatic carbocycles. The molecule has 0 aliphatic heterocycles. The van der Waals surface area contributed by atoms with E-state index in [1.54, 1.807) is 42.4 Å². The maximum Gasteiger partial charge on any atom is 0.157 e. The maximum atomic E-state index is 10.6. The number of aldehydes is 1. The Balaban J connectivity index is 2.43. The lowest BCUT2D eigenvalue weighted by molar-refractivity contribution is 0.112. The van der Waals surface area contributed by atoms with Gasteiger partial charge in [-0.15, -0.1) is 0 Å². The molecule has 5 heteroatoms. The van der Waals surface area contributed by atoms with Crippen molar-refractivity contribution in [2.45, 2.75) is 0 Å². The van der Waals surface area contributed by atoms with Gasteiger partial charge in [-0.3, -0.25) is 4.79 Å². The van der Waals surface area contributed by atoms with Gasteiger partial charge in [0.15, 0.2) is 5.75 Å². The first kappa shape index (κ1) is 10.7. The summed E-state index contributed by atoms with van der Waals surface area (Å²) in [6.45, 7) is 0. The molecule has 2 aromatic rings. The quantitative estimate of drug-likeness (QED) is 0.769. The van der Waals surface area contributed by atoms with Gasteiger partial charge in [-0.1, -0.05) is 11.6 Å². The summed E-state index contributed by atoms with van der Waals surface area (Å²) < 4.78 is 6.61. The number of methoxy groups -OCH3 is 1. The van der Waals surface area contributed by atoms with Crippen LogP contribution in [0.5, 0.6) is 5.75 Å². The fraction of sp³-hybridized carbons (Fsp3) is 0.0909. The number of carbonyl (C=O) groups excluding carboxylic acids is 1. The largest absolute Gasteiger partial charge is 0.493 e. The molecule has 0 bridgehead atoms. The molecule has 16 heavy (non-hydrogen) atoms. The van der Waals surface area contributed by atoms with Crippen LogP contribution in [0.3, 0.4) is 0 Å². The molecule has 1 heterocycles. The predicted octanol–water partition coefficient (Wildman–Crippen LogP) is 2.35. The van der Waals surface area contributed by atoms with Gasteiger partial charge >= 0.3 is 0 Å². The Bertz CT molecular complexity index is 522. The molecule has 2 rings (SSSR count). The second kappa shape index (κ2) is 4.37. The van der Waals surface area contributed by atoms with Gasteiger partial charge in [-0.05, 0) is 18.2 Å². The van der Waals surface area contributed by atoms with Gasteiger partial charge in [0.05, 0.1) is 30.2 Å². The zero-order valence-corrected chi connectivity index (χ0v) is 9.31. The molecule has 4 nitrogen and oxygen atoms in total. The fourth-order valence-electron chi connectivity index (χ4n) is 1.33. The van der Waals surface area contributed by atoms with E-state index in [2.05, 4.69) is 5.10 Å². The van der Waals surface area contributed by atoms with E-state index in [0.29, 0.717) is 22.0 Å². The minimum absolute atomic E-state index is 0.468. The normalized spacial score (nSPS) is 10.1. The van der Waals surface area contributed by atoms with Gasteiger partial charge < -0.3 is 4.74 Å². The number of halogens is 1. The van der Waals surface area contributed by atoms with Crippen LogP contribution in [0.15, 0.2) is 30.6 Å². The van der Waals surface area contributed by atoms with Crippen LogP contribution in [0.25, 0.3) is 5.69 Å². The van der Waals surface area contributed by atoms with E-state index < -0.39 is 0 Å². The van der Waals surface area contributed by atoms with E-state index in [-0.39, 0.29) is 0 Å². The first-order chi connectivity index (χ1) is 7.74. The van der Waals surface area contributed by atoms with E-state index >= 15 is 0 Å². The van der Waals surface area contributed by atoms with Crippen LogP contribution in [0.2, 0.25) is 5.02 Å². The molecule has 0 aliphatic rings. The Labute approximate surface area is 97.4 Å². The SMILES string of the molecule is COc1cnn(-c2ccc(C=O)cc2Cl)c1. The van der Waals surface area contributed by atoms with Crippen LogP contribution in [-0.4, -0.2) is 23.2 Å². The van der Waals surface area contributed by atoms with Crippen molar-refractivity contribution in [3.8, 4) is 11.4 Å². The molecule has 0 aliphatic carbocycles. The lowest BCUT2D eigenvalue weighted by Gasteiger charge is -2.04. The van der Waals surface area contributed by atoms with Crippen LogP contribution in [0, 0.1) is 0 Å². The van der Waals surface area contributed by atoms with Gasteiger partial charge in [0.25, 0.3) is 0 Å². The van der Waals surface area contributed by atoms with E-state index in [1.807, 2.05) is 0 Å². The average Bonchev–Trinajstić information content (AvgIpc) is 2.77. The predicted molar refractivity (Wildman–Crippen MR) is 60.5 cm³/mol. The first-order valence-corrected chi connectivity index (χ1v) is 4.96. The molecule has 0 saturated heterocycles. The molecular weight excluding hydrogens is 228 g/mol. The number of ether oxygens (including phenoxy) is 1. The van der Waals surface area contributed by atoms with Crippen molar-refractivity contribution < 1.29 is 9.53 Å². The monoisotopic (exact) mass is 236 g/mol. The summed E-state index contributed by atoms with van der Waals surface area (Å²) in [7, 11) is 1.57. The first-order valence-electron chi connectivity index (χ1n) is 4.58. The molecule has 0 fully saturated rings. The zero-order chi connectivity index (χ0) is 11.5. The highest BCUT2D eigenvalue weighted by atomic mass is 35.5. The Morgan fingerprint density at radius 2 is 2.31 bits per heavy atom. The van der Waals surface area contributed by atoms with Crippen LogP contribution in [-0.2, 0) is 0 Å². The minimum atomic E-state index is 0.468. The van der Waals surface area contributed by atoms with Crippen molar-refractivity contribution in [2.75, 3.05) is 7.11 Å². The smallest absolute Gasteiger partial charge is 0.157 e. The molecular formula is C11H9ClN2O2. The van der Waals surface area contributed by atoms with Crippen molar-refractivity contribution in [1.82, 2.24) is 9.78 Å². The third-order valence-corrected chi connectivity index (χ3v) is 2.45. The number of nitrogens with zero attached hydrogens (tertiary/aromatic N) is 2. The Hall–Kier alpha value is -1.81. The summed E-state index contributed by atoms with van der Waals surface area (Å²) in [6.07, 6.45) is 4.05. The molecule has 1 aromatic heterocycles. The van der Waals surface area contributed by atoms with E-state index in [4.69, 9.17) is 16.3 Å². The van der Waals surface area contributed by atoms with Gasteiger partial charge in [0, 0.05) is 5.56 Å². The van der Waals surface area contributed by atoms with Crippen molar-refractivity contribution in [3.05, 3.63) is 41.2 Å². The molecule has 0 amide bonds. The molecule has 0 spiro atoms. The van der Waals surface area contributed by atoms with E-state index in [1.165, 1.54) is 0 Å². The van der Waals surface area contributed by atoms with Crippen LogP contribution >= 0.6 is 11.6 Å². The van der Waals surface area contributed by atoms with E-state index in [9.17, 15) is 4.79 Å². The average molecular weight is 237 g/mol. The summed E-state index contributed by atoms with van der Waals surface area (Å²) in [5.41, 5.74) is 1.24. The van der Waals surface area contributed by atoms with Crippen LogP contribution < -0.4 is 4.74 Å². The van der Waals surface area contributed by atoms with Crippen LogP contribution in [0.1, 0.15) is 10.4 Å². The van der Waals surface area contributed by atoms with Gasteiger partial charge in [-0.25, -0.2) is 4.68 Å². The van der Waals surface area contributed by atoms with Crippen molar-refractivity contribution in [3.63, 3.8) is 0 Å². The Kier molecular flexibility index (Phi) is 2.92. The van der Waals surface area contributed by atoms with Crippen LogP contribution in [0.4, 0.5) is 0 Å². The molecule has 0 radical (unpaired) electrons. The lowest BCUT2D eigenvalue weighted by atomic mass is 10.2. The zero-order valence-electron chi connectivity index (χ0n) is 8.55. The summed E-state index contributed by atoms with van der Waals surface area (Å²) in [5, 5.41) is 4.56. The summed E-state index contributed by atoms with van der Waals surface area (Å²) in [4.78, 5) is 10.6. The molecule has 0 saturated carbocycles. The lowest BCUT2D eigenvalue weighted by Crippen LogP contribution is -1.96. The van der Waals surface area contributed by atoms with Gasteiger partial charge in [0.1, 0.15) is 6.29 Å². The Morgan fingerprint density at radius 1 is 1.50 bits per heavy atom. The number of aromatic nitrogens is 2. The molecule has 0 N–H and O–H groups in total. The second-order valence-electron chi connectivity index (χ2n) is 3.15. The third-order valence-electron chi connectivity index (χ3n) is 2.15. The van der Waals surface area contributed by atoms with Crippen molar-refractivity contribution in [1.29, 1.82) is 0 Å². The highest BCUT2D eigenvalue weighted by Gasteiger charge is 2.06. The minimum Gasteiger partial charge on any atom is -0.493 e. The summed E-state index contributed by atoms with van der Waals surface area (Å²) in [5.74, 6) is 0.649. The Morgan fingerprint density at radius 3 is 2.88 bits per heavy atom. The van der Waals surface area contributed by atoms with E-state index in [0.717, 1.165) is 6.29 Å². The molecule has 82 valence electrons. The van der Waals surface area contributed by atoms with Gasteiger partial charge in [-0.2, -0.15) is 5.10 Å². The summed E-state index contributed by atoms with van der Waals surface area (Å²) in [6, 6.07) is 5.01. The second-order valence-corrected chi connectivity index (χ2v) is 3.56. The number of hydrogen-bond acceptors (Lipinski definition) is 3. The molecule has 0 unspecified atom stereocenters. The standard InChI is InChI=1S/C11H9ClN2O2/c1-16-9-5-13-14(6-9)11-3-2-8(7-15)4-10(11)12/h2-7H,1H3.